The van der Waals surface area contributed by atoms with Crippen LogP contribution in [0.5, 0.6) is 5.75 Å². The van der Waals surface area contributed by atoms with E-state index in [1.54, 1.807) is 19.1 Å². The average molecular weight is 405 g/mol. The van der Waals surface area contributed by atoms with Crippen LogP contribution in [0.2, 0.25) is 0 Å². The van der Waals surface area contributed by atoms with Crippen LogP contribution in [0.3, 0.4) is 0 Å². The third-order valence-corrected chi connectivity index (χ3v) is 5.84. The van der Waals surface area contributed by atoms with Gasteiger partial charge < -0.3 is 14.8 Å². The van der Waals surface area contributed by atoms with Gasteiger partial charge in [-0.3, -0.25) is 4.79 Å². The quantitative estimate of drug-likeness (QED) is 0.684. The molecular weight excluding hydrogens is 381 g/mol. The molecule has 0 saturated carbocycles. The Balaban J connectivity index is 1.68. The van der Waals surface area contributed by atoms with Gasteiger partial charge in [0, 0.05) is 4.88 Å². The van der Waals surface area contributed by atoms with Crippen molar-refractivity contribution in [1.82, 2.24) is 0 Å². The first kappa shape index (κ1) is 20.3. The first-order chi connectivity index (χ1) is 13.5. The fourth-order valence-electron chi connectivity index (χ4n) is 3.26. The van der Waals surface area contributed by atoms with E-state index in [0.717, 1.165) is 29.7 Å². The average Bonchev–Trinajstić information content (AvgIpc) is 3.00. The molecule has 0 radical (unpaired) electrons. The van der Waals surface area contributed by atoms with E-state index < -0.39 is 11.8 Å². The smallest absolute Gasteiger partial charge is 0.341 e. The molecule has 1 heterocycles. The number of carbonyl (C=O) groups is 2. The zero-order valence-electron chi connectivity index (χ0n) is 16.0. The Bertz CT molecular complexity index is 864. The molecule has 7 heteroatoms. The molecule has 150 valence electrons. The predicted octanol–water partition coefficient (Wildman–Crippen LogP) is 4.60. The molecule has 0 fully saturated rings. The van der Waals surface area contributed by atoms with Gasteiger partial charge in [0.2, 0.25) is 5.91 Å². The number of benzene rings is 1. The molecule has 1 aromatic carbocycles. The zero-order valence-corrected chi connectivity index (χ0v) is 16.9. The first-order valence-electron chi connectivity index (χ1n) is 9.48. The van der Waals surface area contributed by atoms with Crippen LogP contribution < -0.4 is 10.1 Å². The van der Waals surface area contributed by atoms with Crippen molar-refractivity contribution < 1.29 is 23.5 Å². The maximum Gasteiger partial charge on any atom is 0.341 e. The van der Waals surface area contributed by atoms with Gasteiger partial charge >= 0.3 is 5.97 Å². The molecule has 0 saturated heterocycles. The molecule has 0 bridgehead atoms. The Morgan fingerprint density at radius 3 is 2.86 bits per heavy atom. The molecule has 1 aliphatic carbocycles. The summed E-state index contributed by atoms with van der Waals surface area (Å²) >= 11 is 1.45. The lowest BCUT2D eigenvalue weighted by Gasteiger charge is -2.18. The number of hydrogen-bond donors (Lipinski definition) is 1. The Kier molecular flexibility index (Phi) is 6.67. The minimum absolute atomic E-state index is 0.0453. The largest absolute Gasteiger partial charge is 0.490 e. The summed E-state index contributed by atoms with van der Waals surface area (Å²) in [5.74, 6) is -0.476. The molecule has 0 unspecified atom stereocenters. The highest BCUT2D eigenvalue weighted by Crippen LogP contribution is 2.40. The van der Waals surface area contributed by atoms with E-state index in [2.05, 4.69) is 12.2 Å². The fourth-order valence-corrected chi connectivity index (χ4v) is 4.68. The van der Waals surface area contributed by atoms with Gasteiger partial charge in [-0.25, -0.2) is 9.18 Å². The van der Waals surface area contributed by atoms with Crippen molar-refractivity contribution in [2.24, 2.45) is 5.92 Å². The number of esters is 1. The van der Waals surface area contributed by atoms with E-state index in [1.165, 1.54) is 23.5 Å². The van der Waals surface area contributed by atoms with E-state index in [9.17, 15) is 14.0 Å². The van der Waals surface area contributed by atoms with Gasteiger partial charge in [0.25, 0.3) is 0 Å². The number of halogens is 1. The Hall–Kier alpha value is -2.41. The summed E-state index contributed by atoms with van der Waals surface area (Å²) in [6.45, 7) is 4.27. The number of amides is 1. The minimum atomic E-state index is -0.465. The van der Waals surface area contributed by atoms with Gasteiger partial charge in [-0.2, -0.15) is 0 Å². The number of fused-ring (bicyclic) bond motifs is 1. The van der Waals surface area contributed by atoms with Crippen LogP contribution in [0, 0.1) is 11.7 Å². The molecule has 3 rings (SSSR count). The number of anilines is 1. The summed E-state index contributed by atoms with van der Waals surface area (Å²) < 4.78 is 24.1. The first-order valence-corrected chi connectivity index (χ1v) is 10.3. The molecule has 1 aromatic heterocycles. The van der Waals surface area contributed by atoms with Crippen LogP contribution in [0.4, 0.5) is 9.39 Å². The van der Waals surface area contributed by atoms with Gasteiger partial charge in [0.15, 0.2) is 11.6 Å². The molecule has 1 aliphatic rings. The normalized spacial score (nSPS) is 15.6. The number of para-hydroxylation sites is 1. The van der Waals surface area contributed by atoms with E-state index in [1.807, 2.05) is 0 Å². The Morgan fingerprint density at radius 2 is 2.11 bits per heavy atom. The summed E-state index contributed by atoms with van der Waals surface area (Å²) in [6.07, 6.45) is 2.78. The van der Waals surface area contributed by atoms with Crippen molar-refractivity contribution in [3.63, 3.8) is 0 Å². The van der Waals surface area contributed by atoms with Gasteiger partial charge in [-0.1, -0.05) is 19.1 Å². The number of ether oxygens (including phenoxy) is 2. The lowest BCUT2D eigenvalue weighted by atomic mass is 9.88. The fraction of sp³-hybridized carbons (Fsp3) is 0.429. The van der Waals surface area contributed by atoms with Crippen LogP contribution in [0.25, 0.3) is 0 Å². The number of carbonyl (C=O) groups excluding carboxylic acids is 2. The number of rotatable bonds is 7. The van der Waals surface area contributed by atoms with Crippen molar-refractivity contribution in [1.29, 1.82) is 0 Å². The second-order valence-electron chi connectivity index (χ2n) is 6.85. The minimum Gasteiger partial charge on any atom is -0.490 e. The molecule has 1 N–H and O–H groups in total. The SMILES string of the molecule is CCOC(=O)c1c(NC(=O)CCOc2ccccc2F)sc2c1CC[C@H](C)C2. The highest BCUT2D eigenvalue weighted by atomic mass is 32.1. The molecule has 28 heavy (non-hydrogen) atoms. The van der Waals surface area contributed by atoms with Crippen molar-refractivity contribution in [2.75, 3.05) is 18.5 Å². The zero-order chi connectivity index (χ0) is 20.1. The second kappa shape index (κ2) is 9.19. The Morgan fingerprint density at radius 1 is 1.32 bits per heavy atom. The van der Waals surface area contributed by atoms with E-state index >= 15 is 0 Å². The lowest BCUT2D eigenvalue weighted by molar-refractivity contribution is -0.116. The molecule has 0 aliphatic heterocycles. The second-order valence-corrected chi connectivity index (χ2v) is 7.96. The Labute approximate surface area is 167 Å². The summed E-state index contributed by atoms with van der Waals surface area (Å²) in [4.78, 5) is 26.0. The molecular formula is C21H24FNO4S. The maximum absolute atomic E-state index is 13.6. The van der Waals surface area contributed by atoms with Gasteiger partial charge in [0.05, 0.1) is 25.2 Å². The third-order valence-electron chi connectivity index (χ3n) is 4.67. The van der Waals surface area contributed by atoms with Crippen LogP contribution in [0.1, 0.15) is 47.5 Å². The maximum atomic E-state index is 13.6. The highest BCUT2D eigenvalue weighted by molar-refractivity contribution is 7.17. The lowest BCUT2D eigenvalue weighted by Crippen LogP contribution is -2.18. The van der Waals surface area contributed by atoms with Crippen LogP contribution >= 0.6 is 11.3 Å². The van der Waals surface area contributed by atoms with Crippen molar-refractivity contribution in [2.45, 2.75) is 39.5 Å². The van der Waals surface area contributed by atoms with E-state index in [0.29, 0.717) is 16.5 Å². The molecule has 0 spiro atoms. The molecule has 1 amide bonds. The van der Waals surface area contributed by atoms with Crippen molar-refractivity contribution in [3.8, 4) is 5.75 Å². The van der Waals surface area contributed by atoms with Gasteiger partial charge in [0.1, 0.15) is 5.00 Å². The standard InChI is InChI=1S/C21H24FNO4S/c1-3-26-21(25)19-14-9-8-13(2)12-17(14)28-20(19)23-18(24)10-11-27-16-7-5-4-6-15(16)22/h4-7,13H,3,8-12H2,1-2H3,(H,23,24)/t13-/m0/s1. The number of thiophene rings is 1. The highest BCUT2D eigenvalue weighted by Gasteiger charge is 2.29. The van der Waals surface area contributed by atoms with E-state index in [4.69, 9.17) is 9.47 Å². The number of nitrogens with one attached hydrogen (secondary N) is 1. The van der Waals surface area contributed by atoms with Crippen molar-refractivity contribution >= 4 is 28.2 Å². The van der Waals surface area contributed by atoms with Crippen molar-refractivity contribution in [3.05, 3.63) is 46.1 Å². The molecule has 5 nitrogen and oxygen atoms in total. The monoisotopic (exact) mass is 405 g/mol. The summed E-state index contributed by atoms with van der Waals surface area (Å²) in [6, 6.07) is 6.06. The van der Waals surface area contributed by atoms with Crippen LogP contribution in [-0.4, -0.2) is 25.1 Å². The molecule has 2 aromatic rings. The van der Waals surface area contributed by atoms with Crippen LogP contribution in [-0.2, 0) is 22.4 Å². The number of hydrogen-bond acceptors (Lipinski definition) is 5. The summed E-state index contributed by atoms with van der Waals surface area (Å²) in [5, 5.41) is 3.36. The van der Waals surface area contributed by atoms with E-state index in [-0.39, 0.29) is 31.3 Å². The molecule has 1 atom stereocenters. The van der Waals surface area contributed by atoms with Crippen LogP contribution in [0.15, 0.2) is 24.3 Å². The third kappa shape index (κ3) is 4.70. The topological polar surface area (TPSA) is 64.6 Å². The van der Waals surface area contributed by atoms with Gasteiger partial charge in [-0.05, 0) is 49.8 Å². The summed E-state index contributed by atoms with van der Waals surface area (Å²) in [5.41, 5.74) is 1.48. The van der Waals surface area contributed by atoms with Gasteiger partial charge in [-0.15, -0.1) is 11.3 Å². The predicted molar refractivity (Wildman–Crippen MR) is 107 cm³/mol. The summed E-state index contributed by atoms with van der Waals surface area (Å²) in [7, 11) is 0.